The van der Waals surface area contributed by atoms with Gasteiger partial charge in [-0.05, 0) is 92.7 Å². The molecule has 37 heavy (non-hydrogen) atoms. The molecular weight excluding hydrogens is 559 g/mol. The van der Waals surface area contributed by atoms with Gasteiger partial charge in [0, 0.05) is 20.3 Å². The zero-order valence-electron chi connectivity index (χ0n) is 20.7. The fourth-order valence-electron chi connectivity index (χ4n) is 4.99. The van der Waals surface area contributed by atoms with Crippen molar-refractivity contribution in [2.45, 2.75) is 81.7 Å². The lowest BCUT2D eigenvalue weighted by Gasteiger charge is -2.23. The summed E-state index contributed by atoms with van der Waals surface area (Å²) in [5.41, 5.74) is 1.04. The third kappa shape index (κ3) is 8.80. The Morgan fingerprint density at radius 2 is 1.76 bits per heavy atom. The summed E-state index contributed by atoms with van der Waals surface area (Å²) >= 11 is 20.2. The van der Waals surface area contributed by atoms with E-state index >= 15 is 0 Å². The number of hydrogen-bond acceptors (Lipinski definition) is 7. The molecule has 0 aliphatic heterocycles. The maximum Gasteiger partial charge on any atom is 0.348 e. The van der Waals surface area contributed by atoms with Gasteiger partial charge in [-0.1, -0.05) is 30.1 Å². The fourth-order valence-corrected chi connectivity index (χ4v) is 7.00. The van der Waals surface area contributed by atoms with Crippen LogP contribution in [0.4, 0.5) is 0 Å². The first-order chi connectivity index (χ1) is 17.6. The highest BCUT2D eigenvalue weighted by molar-refractivity contribution is 7.13. The van der Waals surface area contributed by atoms with Gasteiger partial charge in [0.1, 0.15) is 23.7 Å². The number of hydrogen-bond donors (Lipinski definition) is 4. The van der Waals surface area contributed by atoms with E-state index in [9.17, 15) is 25.2 Å². The van der Waals surface area contributed by atoms with Crippen molar-refractivity contribution < 1.29 is 30.0 Å². The fraction of sp³-hybridized carbons (Fsp3) is 0.593. The Hall–Kier alpha value is -0.900. The molecule has 10 heteroatoms. The lowest BCUT2D eigenvalue weighted by atomic mass is 9.85. The predicted octanol–water partition coefficient (Wildman–Crippen LogP) is 5.26. The van der Waals surface area contributed by atoms with Crippen LogP contribution >= 0.6 is 46.1 Å². The van der Waals surface area contributed by atoms with E-state index in [-0.39, 0.29) is 23.6 Å². The molecule has 0 spiro atoms. The normalized spacial score (nSPS) is 24.1. The number of benzene rings is 1. The number of aliphatic hydroxyl groups excluding tert-OH is 4. The zero-order chi connectivity index (χ0) is 27.1. The third-order valence-corrected chi connectivity index (χ3v) is 9.14. The van der Waals surface area contributed by atoms with Gasteiger partial charge in [0.25, 0.3) is 0 Å². The Kier molecular flexibility index (Phi) is 12.0. The Bertz CT molecular complexity index is 998. The van der Waals surface area contributed by atoms with Crippen LogP contribution in [0.2, 0.25) is 10.0 Å². The van der Waals surface area contributed by atoms with Gasteiger partial charge in [0.15, 0.2) is 0 Å². The average molecular weight is 594 g/mol. The molecule has 0 bridgehead atoms. The maximum atomic E-state index is 12.3. The molecule has 206 valence electrons. The minimum absolute atomic E-state index is 0.0789. The van der Waals surface area contributed by atoms with E-state index in [0.29, 0.717) is 21.3 Å². The van der Waals surface area contributed by atoms with Gasteiger partial charge in [-0.2, -0.15) is 0 Å². The number of halogens is 3. The Balaban J connectivity index is 1.47. The highest BCUT2D eigenvalue weighted by Gasteiger charge is 2.40. The van der Waals surface area contributed by atoms with E-state index < -0.39 is 37.0 Å². The van der Waals surface area contributed by atoms with Gasteiger partial charge in [0.2, 0.25) is 0 Å². The summed E-state index contributed by atoms with van der Waals surface area (Å²) in [5, 5.41) is 41.1. The van der Waals surface area contributed by atoms with Crippen molar-refractivity contribution in [3.05, 3.63) is 55.7 Å². The van der Waals surface area contributed by atoms with Crippen LogP contribution in [-0.2, 0) is 17.6 Å². The first-order valence-corrected chi connectivity index (χ1v) is 14.7. The second-order valence-corrected chi connectivity index (χ2v) is 12.4. The van der Waals surface area contributed by atoms with Crippen molar-refractivity contribution in [1.82, 2.24) is 0 Å². The number of alkyl halides is 1. The highest BCUT2D eigenvalue weighted by atomic mass is 35.5. The molecular formula is C27H35Cl3O6S. The number of carbonyl (C=O) groups excluding carboxylic acids is 1. The first kappa shape index (κ1) is 30.6. The van der Waals surface area contributed by atoms with Crippen LogP contribution in [0.1, 0.15) is 59.1 Å². The van der Waals surface area contributed by atoms with E-state index in [1.807, 2.05) is 18.2 Å². The van der Waals surface area contributed by atoms with Crippen molar-refractivity contribution in [1.29, 1.82) is 0 Å². The Morgan fingerprint density at radius 3 is 2.43 bits per heavy atom. The van der Waals surface area contributed by atoms with Crippen LogP contribution in [0.15, 0.2) is 30.3 Å². The second kappa shape index (κ2) is 14.5. The molecule has 1 aliphatic rings. The molecule has 1 heterocycles. The maximum absolute atomic E-state index is 12.3. The molecule has 0 unspecified atom stereocenters. The number of carbonyl (C=O) groups is 1. The molecule has 0 amide bonds. The van der Waals surface area contributed by atoms with E-state index in [0.717, 1.165) is 42.5 Å². The predicted molar refractivity (Wildman–Crippen MR) is 148 cm³/mol. The van der Waals surface area contributed by atoms with Crippen LogP contribution in [-0.4, -0.2) is 62.8 Å². The Morgan fingerprint density at radius 1 is 1.05 bits per heavy atom. The summed E-state index contributed by atoms with van der Waals surface area (Å²) in [5.74, 6) is -0.279. The second-order valence-electron chi connectivity index (χ2n) is 9.75. The lowest BCUT2D eigenvalue weighted by Crippen LogP contribution is -2.40. The number of aliphatic hydroxyl groups is 4. The Labute approximate surface area is 237 Å². The van der Waals surface area contributed by atoms with Crippen LogP contribution in [0.3, 0.4) is 0 Å². The molecule has 7 atom stereocenters. The zero-order valence-corrected chi connectivity index (χ0v) is 23.8. The molecule has 1 aliphatic carbocycles. The summed E-state index contributed by atoms with van der Waals surface area (Å²) in [6, 6.07) is 9.08. The molecule has 3 rings (SSSR count). The largest absolute Gasteiger partial charge is 0.459 e. The van der Waals surface area contributed by atoms with Gasteiger partial charge >= 0.3 is 5.97 Å². The molecule has 1 saturated carbocycles. The third-order valence-electron chi connectivity index (χ3n) is 7.08. The topological polar surface area (TPSA) is 107 Å². The quantitative estimate of drug-likeness (QED) is 0.186. The summed E-state index contributed by atoms with van der Waals surface area (Å²) in [6.45, 7) is 1.29. The van der Waals surface area contributed by atoms with E-state index in [1.54, 1.807) is 19.1 Å². The summed E-state index contributed by atoms with van der Waals surface area (Å²) in [6.07, 6.45) is 0.704. The molecule has 1 fully saturated rings. The number of thiophene rings is 1. The number of esters is 1. The smallest absolute Gasteiger partial charge is 0.348 e. The highest BCUT2D eigenvalue weighted by Crippen LogP contribution is 2.42. The number of aryl methyl sites for hydroxylation is 2. The van der Waals surface area contributed by atoms with Crippen molar-refractivity contribution in [3.8, 4) is 0 Å². The summed E-state index contributed by atoms with van der Waals surface area (Å²) in [7, 11) is 0. The molecule has 6 nitrogen and oxygen atoms in total. The SMILES string of the molecule is CC[C@H](O)[C@@H](O)[C@H](O)COC(=O)c1ccc(CCC[C@@H]2[C@@H](CCc3cc(Cl)cc(Cl)c3)[C@H](O)C[C@H]2Cl)s1. The van der Waals surface area contributed by atoms with E-state index in [2.05, 4.69) is 0 Å². The van der Waals surface area contributed by atoms with Gasteiger partial charge in [0.05, 0.1) is 12.2 Å². The van der Waals surface area contributed by atoms with Crippen molar-refractivity contribution in [2.75, 3.05) is 6.61 Å². The standard InChI is InChI=1S/C27H35Cl3O6S/c1-2-22(31)26(34)24(33)14-36-27(35)25-9-7-18(37-25)4-3-5-19-20(23(32)13-21(19)30)8-6-15-10-16(28)12-17(29)11-15/h7,9-12,19-24,26,31-34H,2-6,8,13-14H2,1H3/t19-,20-,21-,22+,23-,24-,26-/m1/s1. The number of ether oxygens (including phenoxy) is 1. The minimum atomic E-state index is -1.37. The van der Waals surface area contributed by atoms with Crippen LogP contribution < -0.4 is 0 Å². The number of rotatable bonds is 13. The molecule has 0 saturated heterocycles. The molecule has 1 aromatic heterocycles. The van der Waals surface area contributed by atoms with Crippen molar-refractivity contribution in [2.24, 2.45) is 11.8 Å². The van der Waals surface area contributed by atoms with Gasteiger partial charge in [-0.15, -0.1) is 22.9 Å². The van der Waals surface area contributed by atoms with Gasteiger partial charge in [-0.3, -0.25) is 0 Å². The first-order valence-electron chi connectivity index (χ1n) is 12.7. The van der Waals surface area contributed by atoms with Crippen LogP contribution in [0.25, 0.3) is 0 Å². The molecule has 2 aromatic rings. The summed E-state index contributed by atoms with van der Waals surface area (Å²) in [4.78, 5) is 13.8. The van der Waals surface area contributed by atoms with Gasteiger partial charge < -0.3 is 25.2 Å². The van der Waals surface area contributed by atoms with Gasteiger partial charge in [-0.25, -0.2) is 4.79 Å². The monoisotopic (exact) mass is 592 g/mol. The molecule has 0 radical (unpaired) electrons. The van der Waals surface area contributed by atoms with E-state index in [4.69, 9.17) is 39.5 Å². The summed E-state index contributed by atoms with van der Waals surface area (Å²) < 4.78 is 5.11. The lowest BCUT2D eigenvalue weighted by molar-refractivity contribution is -0.0802. The van der Waals surface area contributed by atoms with Crippen LogP contribution in [0, 0.1) is 11.8 Å². The van der Waals surface area contributed by atoms with Crippen molar-refractivity contribution in [3.63, 3.8) is 0 Å². The van der Waals surface area contributed by atoms with Crippen LogP contribution in [0.5, 0.6) is 0 Å². The average Bonchev–Trinajstić information content (AvgIpc) is 3.43. The van der Waals surface area contributed by atoms with Crippen molar-refractivity contribution >= 4 is 52.1 Å². The minimum Gasteiger partial charge on any atom is -0.459 e. The molecule has 1 aromatic carbocycles. The molecule has 4 N–H and O–H groups in total. The van der Waals surface area contributed by atoms with E-state index in [1.165, 1.54) is 11.3 Å².